The summed E-state index contributed by atoms with van der Waals surface area (Å²) in [6.45, 7) is 5.16. The minimum Gasteiger partial charge on any atom is -0.464 e. The van der Waals surface area contributed by atoms with Crippen LogP contribution in [0, 0.1) is 6.92 Å². The third-order valence-electron chi connectivity index (χ3n) is 1.84. The Morgan fingerprint density at radius 1 is 1.62 bits per heavy atom. The number of rotatable bonds is 4. The van der Waals surface area contributed by atoms with Gasteiger partial charge in [0.15, 0.2) is 11.6 Å². The number of oxazole rings is 1. The van der Waals surface area contributed by atoms with Crippen LogP contribution in [-0.4, -0.2) is 29.5 Å². The van der Waals surface area contributed by atoms with E-state index in [0.29, 0.717) is 5.89 Å². The molecule has 6 heteroatoms. The van der Waals surface area contributed by atoms with Crippen molar-refractivity contribution in [1.29, 1.82) is 0 Å². The van der Waals surface area contributed by atoms with Crippen molar-refractivity contribution < 1.29 is 18.7 Å². The van der Waals surface area contributed by atoms with Gasteiger partial charge in [-0.25, -0.2) is 9.78 Å². The number of ether oxygens (including phenoxy) is 1. The van der Waals surface area contributed by atoms with Crippen LogP contribution in [0.15, 0.2) is 10.7 Å². The number of nitrogens with zero attached hydrogens (tertiary/aromatic N) is 1. The van der Waals surface area contributed by atoms with Gasteiger partial charge in [0.1, 0.15) is 12.3 Å². The van der Waals surface area contributed by atoms with Crippen LogP contribution in [0.5, 0.6) is 0 Å². The first-order valence-corrected chi connectivity index (χ1v) is 4.94. The fraction of sp³-hybridized carbons (Fsp3) is 0.500. The lowest BCUT2D eigenvalue weighted by Crippen LogP contribution is -2.39. The van der Waals surface area contributed by atoms with Gasteiger partial charge in [0.05, 0.1) is 6.61 Å². The van der Waals surface area contributed by atoms with E-state index >= 15 is 0 Å². The fourth-order valence-electron chi connectivity index (χ4n) is 1.06. The van der Waals surface area contributed by atoms with E-state index in [-0.39, 0.29) is 12.3 Å². The van der Waals surface area contributed by atoms with E-state index in [1.165, 1.54) is 6.26 Å². The van der Waals surface area contributed by atoms with Crippen LogP contribution < -0.4 is 5.32 Å². The van der Waals surface area contributed by atoms with E-state index in [4.69, 9.17) is 9.15 Å². The first-order chi connectivity index (χ1) is 7.54. The molecule has 0 fully saturated rings. The molecule has 0 saturated carbocycles. The number of hydrogen-bond donors (Lipinski definition) is 1. The summed E-state index contributed by atoms with van der Waals surface area (Å²) in [5, 5.41) is 2.46. The molecule has 0 saturated heterocycles. The van der Waals surface area contributed by atoms with E-state index in [0.717, 1.165) is 0 Å². The Balaban J connectivity index is 2.54. The number of carbonyl (C=O) groups excluding carboxylic acids is 2. The second kappa shape index (κ2) is 5.29. The molecule has 0 aliphatic heterocycles. The van der Waals surface area contributed by atoms with Gasteiger partial charge in [-0.15, -0.1) is 0 Å². The molecule has 16 heavy (non-hydrogen) atoms. The van der Waals surface area contributed by atoms with E-state index in [9.17, 15) is 9.59 Å². The van der Waals surface area contributed by atoms with Gasteiger partial charge in [-0.1, -0.05) is 0 Å². The molecule has 1 atom stereocenters. The van der Waals surface area contributed by atoms with Crippen molar-refractivity contribution in [2.75, 3.05) is 6.61 Å². The Bertz CT molecular complexity index is 386. The minimum absolute atomic E-state index is 0.147. The van der Waals surface area contributed by atoms with Crippen LogP contribution in [0.2, 0.25) is 0 Å². The highest BCUT2D eigenvalue weighted by Crippen LogP contribution is 2.00. The number of hydrogen-bond acceptors (Lipinski definition) is 5. The topological polar surface area (TPSA) is 81.4 Å². The zero-order chi connectivity index (χ0) is 12.1. The minimum atomic E-state index is -0.704. The average molecular weight is 226 g/mol. The quantitative estimate of drug-likeness (QED) is 0.763. The first kappa shape index (κ1) is 12.2. The van der Waals surface area contributed by atoms with E-state index in [1.54, 1.807) is 20.8 Å². The second-order valence-electron chi connectivity index (χ2n) is 3.20. The van der Waals surface area contributed by atoms with Crippen molar-refractivity contribution in [1.82, 2.24) is 10.3 Å². The standard InChI is InChI=1S/C10H14N2O4/c1-4-15-10(14)6(2)11-9(13)8-5-16-7(3)12-8/h5-6H,4H2,1-3H3,(H,11,13)/t6-/m0/s1. The summed E-state index contributed by atoms with van der Waals surface area (Å²) in [6, 6.07) is -0.704. The monoisotopic (exact) mass is 226 g/mol. The summed E-state index contributed by atoms with van der Waals surface area (Å²) < 4.78 is 9.64. The molecular weight excluding hydrogens is 212 g/mol. The summed E-state index contributed by atoms with van der Waals surface area (Å²) in [6.07, 6.45) is 1.24. The summed E-state index contributed by atoms with van der Waals surface area (Å²) >= 11 is 0. The van der Waals surface area contributed by atoms with E-state index < -0.39 is 17.9 Å². The largest absolute Gasteiger partial charge is 0.464 e. The van der Waals surface area contributed by atoms with Gasteiger partial charge in [-0.2, -0.15) is 0 Å². The third-order valence-corrected chi connectivity index (χ3v) is 1.84. The van der Waals surface area contributed by atoms with Crippen molar-refractivity contribution in [2.45, 2.75) is 26.8 Å². The lowest BCUT2D eigenvalue weighted by Gasteiger charge is -2.10. The van der Waals surface area contributed by atoms with Crippen LogP contribution in [0.3, 0.4) is 0 Å². The molecule has 1 aromatic rings. The van der Waals surface area contributed by atoms with Gasteiger partial charge >= 0.3 is 5.97 Å². The molecule has 1 amide bonds. The molecular formula is C10H14N2O4. The van der Waals surface area contributed by atoms with E-state index in [2.05, 4.69) is 10.3 Å². The summed E-state index contributed by atoms with van der Waals surface area (Å²) in [5.74, 6) is -0.539. The Morgan fingerprint density at radius 2 is 2.31 bits per heavy atom. The molecule has 1 N–H and O–H groups in total. The number of nitrogens with one attached hydrogen (secondary N) is 1. The lowest BCUT2D eigenvalue weighted by atomic mass is 10.3. The van der Waals surface area contributed by atoms with Crippen LogP contribution in [0.4, 0.5) is 0 Å². The summed E-state index contributed by atoms with van der Waals surface area (Å²) in [7, 11) is 0. The van der Waals surface area contributed by atoms with Gasteiger partial charge in [0, 0.05) is 6.92 Å². The lowest BCUT2D eigenvalue weighted by molar-refractivity contribution is -0.144. The molecule has 0 aliphatic rings. The number of aryl methyl sites for hydroxylation is 1. The van der Waals surface area contributed by atoms with Gasteiger partial charge in [-0.05, 0) is 13.8 Å². The van der Waals surface area contributed by atoms with Crippen molar-refractivity contribution in [2.24, 2.45) is 0 Å². The number of aromatic nitrogens is 1. The molecule has 0 aromatic carbocycles. The highest BCUT2D eigenvalue weighted by Gasteiger charge is 2.19. The van der Waals surface area contributed by atoms with Gasteiger partial charge in [0.25, 0.3) is 5.91 Å². The first-order valence-electron chi connectivity index (χ1n) is 4.94. The molecule has 0 spiro atoms. The normalized spacial score (nSPS) is 11.9. The van der Waals surface area contributed by atoms with Crippen LogP contribution >= 0.6 is 0 Å². The van der Waals surface area contributed by atoms with E-state index in [1.807, 2.05) is 0 Å². The molecule has 1 rings (SSSR count). The average Bonchev–Trinajstić information content (AvgIpc) is 2.65. The molecule has 88 valence electrons. The number of esters is 1. The smallest absolute Gasteiger partial charge is 0.328 e. The van der Waals surface area contributed by atoms with Crippen LogP contribution in [0.25, 0.3) is 0 Å². The zero-order valence-corrected chi connectivity index (χ0v) is 9.44. The van der Waals surface area contributed by atoms with Crippen molar-refractivity contribution in [3.05, 3.63) is 17.8 Å². The van der Waals surface area contributed by atoms with Crippen molar-refractivity contribution in [3.8, 4) is 0 Å². The van der Waals surface area contributed by atoms with Gasteiger partial charge in [0.2, 0.25) is 0 Å². The zero-order valence-electron chi connectivity index (χ0n) is 9.44. The number of carbonyl (C=O) groups is 2. The summed E-state index contributed by atoms with van der Waals surface area (Å²) in [4.78, 5) is 26.6. The molecule has 1 heterocycles. The predicted molar refractivity (Wildman–Crippen MR) is 54.8 cm³/mol. The van der Waals surface area contributed by atoms with Crippen molar-refractivity contribution >= 4 is 11.9 Å². The summed E-state index contributed by atoms with van der Waals surface area (Å²) in [5.41, 5.74) is 0.147. The maximum Gasteiger partial charge on any atom is 0.328 e. The predicted octanol–water partition coefficient (Wildman–Crippen LogP) is 0.664. The highest BCUT2D eigenvalue weighted by molar-refractivity contribution is 5.94. The van der Waals surface area contributed by atoms with Crippen LogP contribution in [-0.2, 0) is 9.53 Å². The Morgan fingerprint density at radius 3 is 2.81 bits per heavy atom. The molecule has 0 radical (unpaired) electrons. The fourth-order valence-corrected chi connectivity index (χ4v) is 1.06. The Labute approximate surface area is 93.0 Å². The Kier molecular flexibility index (Phi) is 4.04. The maximum absolute atomic E-state index is 11.5. The van der Waals surface area contributed by atoms with Gasteiger partial charge in [-0.3, -0.25) is 4.79 Å². The molecule has 0 aliphatic carbocycles. The molecule has 1 aromatic heterocycles. The molecule has 6 nitrogen and oxygen atoms in total. The highest BCUT2D eigenvalue weighted by atomic mass is 16.5. The molecule has 0 bridgehead atoms. The van der Waals surface area contributed by atoms with Crippen LogP contribution in [0.1, 0.15) is 30.2 Å². The Hall–Kier alpha value is -1.85. The number of amides is 1. The maximum atomic E-state index is 11.5. The van der Waals surface area contributed by atoms with Gasteiger partial charge < -0.3 is 14.5 Å². The molecule has 0 unspecified atom stereocenters. The third kappa shape index (κ3) is 3.08. The second-order valence-corrected chi connectivity index (χ2v) is 3.20. The van der Waals surface area contributed by atoms with Crippen molar-refractivity contribution in [3.63, 3.8) is 0 Å². The SMILES string of the molecule is CCOC(=O)[C@H](C)NC(=O)c1coc(C)n1.